The monoisotopic (exact) mass is 378 g/mol. The molecule has 1 fully saturated rings. The van der Waals surface area contributed by atoms with Crippen LogP contribution in [0.15, 0.2) is 27.6 Å². The van der Waals surface area contributed by atoms with Crippen LogP contribution in [0, 0.1) is 11.7 Å². The molecule has 0 aromatic heterocycles. The van der Waals surface area contributed by atoms with E-state index in [9.17, 15) is 12.8 Å². The fourth-order valence-electron chi connectivity index (χ4n) is 2.52. The largest absolute Gasteiger partial charge is 0.306 e. The van der Waals surface area contributed by atoms with Gasteiger partial charge in [0.15, 0.2) is 0 Å². The molecule has 0 bridgehead atoms. The van der Waals surface area contributed by atoms with Gasteiger partial charge in [0.1, 0.15) is 10.7 Å². The predicted octanol–water partition coefficient (Wildman–Crippen LogP) is 2.60. The summed E-state index contributed by atoms with van der Waals surface area (Å²) in [4.78, 5) is 1.98. The number of sulfonamides is 1. The molecule has 1 aliphatic rings. The Morgan fingerprint density at radius 2 is 2.05 bits per heavy atom. The first-order valence-electron chi connectivity index (χ1n) is 7.02. The fraction of sp³-hybridized carbons (Fsp3) is 0.571. The van der Waals surface area contributed by atoms with Crippen LogP contribution < -0.4 is 4.72 Å². The van der Waals surface area contributed by atoms with Crippen molar-refractivity contribution in [2.45, 2.75) is 24.2 Å². The molecule has 0 amide bonds. The quantitative estimate of drug-likeness (QED) is 0.856. The van der Waals surface area contributed by atoms with Crippen LogP contribution in [0.25, 0.3) is 0 Å². The summed E-state index contributed by atoms with van der Waals surface area (Å²) in [5.41, 5.74) is 0. The Morgan fingerprint density at radius 1 is 1.38 bits per heavy atom. The van der Waals surface area contributed by atoms with Crippen LogP contribution in [-0.2, 0) is 10.0 Å². The lowest BCUT2D eigenvalue weighted by Crippen LogP contribution is -2.33. The number of rotatable bonds is 5. The molecule has 7 heteroatoms. The second kappa shape index (κ2) is 7.17. The minimum atomic E-state index is -3.78. The summed E-state index contributed by atoms with van der Waals surface area (Å²) < 4.78 is 40.9. The van der Waals surface area contributed by atoms with Crippen LogP contribution >= 0.6 is 15.9 Å². The number of hydrogen-bond donors (Lipinski definition) is 1. The van der Waals surface area contributed by atoms with Gasteiger partial charge in [-0.15, -0.1) is 0 Å². The lowest BCUT2D eigenvalue weighted by atomic mass is 9.94. The van der Waals surface area contributed by atoms with E-state index in [0.717, 1.165) is 38.4 Å². The first-order valence-corrected chi connectivity index (χ1v) is 9.29. The van der Waals surface area contributed by atoms with Crippen LogP contribution in [0.1, 0.15) is 19.3 Å². The number of hydrogen-bond acceptors (Lipinski definition) is 3. The minimum absolute atomic E-state index is 0.297. The average molecular weight is 379 g/mol. The van der Waals surface area contributed by atoms with E-state index in [4.69, 9.17) is 0 Å². The Morgan fingerprint density at radius 3 is 2.67 bits per heavy atom. The van der Waals surface area contributed by atoms with Gasteiger partial charge in [-0.05, 0) is 63.5 Å². The molecule has 1 aliphatic heterocycles. The molecule has 0 unspecified atom stereocenters. The van der Waals surface area contributed by atoms with Gasteiger partial charge in [0.2, 0.25) is 10.0 Å². The molecule has 1 saturated heterocycles. The molecular formula is C14H20BrFN2O2S. The van der Waals surface area contributed by atoms with Crippen molar-refractivity contribution in [3.05, 3.63) is 28.5 Å². The molecule has 0 radical (unpaired) electrons. The second-order valence-electron chi connectivity index (χ2n) is 5.51. The maximum atomic E-state index is 13.7. The SMILES string of the molecule is CN1CCC(CCNS(=O)(=O)c2ccc(Br)cc2F)CC1. The Balaban J connectivity index is 1.89. The molecular weight excluding hydrogens is 359 g/mol. The lowest BCUT2D eigenvalue weighted by Gasteiger charge is -2.28. The lowest BCUT2D eigenvalue weighted by molar-refractivity contribution is 0.213. The molecule has 1 aromatic carbocycles. The normalized spacial score (nSPS) is 18.0. The predicted molar refractivity (Wildman–Crippen MR) is 84.1 cm³/mol. The van der Waals surface area contributed by atoms with E-state index in [-0.39, 0.29) is 4.90 Å². The molecule has 0 spiro atoms. The molecule has 21 heavy (non-hydrogen) atoms. The Bertz CT molecular complexity index is 587. The fourth-order valence-corrected chi connectivity index (χ4v) is 3.96. The zero-order valence-corrected chi connectivity index (χ0v) is 14.4. The van der Waals surface area contributed by atoms with E-state index >= 15 is 0 Å². The zero-order valence-electron chi connectivity index (χ0n) is 12.0. The highest BCUT2D eigenvalue weighted by molar-refractivity contribution is 9.10. The number of piperidine rings is 1. The van der Waals surface area contributed by atoms with Crippen molar-refractivity contribution in [1.29, 1.82) is 0 Å². The van der Waals surface area contributed by atoms with Gasteiger partial charge in [-0.1, -0.05) is 15.9 Å². The third-order valence-electron chi connectivity index (χ3n) is 3.87. The maximum Gasteiger partial charge on any atom is 0.243 e. The summed E-state index contributed by atoms with van der Waals surface area (Å²) in [6.07, 6.45) is 2.97. The number of likely N-dealkylation sites (tertiary alicyclic amines) is 1. The van der Waals surface area contributed by atoms with E-state index in [1.54, 1.807) is 0 Å². The average Bonchev–Trinajstić information content (AvgIpc) is 2.40. The highest BCUT2D eigenvalue weighted by Crippen LogP contribution is 2.21. The summed E-state index contributed by atoms with van der Waals surface area (Å²) in [6, 6.07) is 3.96. The molecule has 0 saturated carbocycles. The van der Waals surface area contributed by atoms with Gasteiger partial charge in [0.05, 0.1) is 0 Å². The zero-order chi connectivity index (χ0) is 15.5. The summed E-state index contributed by atoms with van der Waals surface area (Å²) in [6.45, 7) is 2.46. The smallest absolute Gasteiger partial charge is 0.243 e. The molecule has 1 aromatic rings. The molecule has 0 atom stereocenters. The maximum absolute atomic E-state index is 13.7. The van der Waals surface area contributed by atoms with E-state index < -0.39 is 15.8 Å². The Hall–Kier alpha value is -0.500. The van der Waals surface area contributed by atoms with E-state index in [1.165, 1.54) is 12.1 Å². The molecule has 118 valence electrons. The van der Waals surface area contributed by atoms with E-state index in [2.05, 4.69) is 32.6 Å². The van der Waals surface area contributed by atoms with Crippen LogP contribution in [-0.4, -0.2) is 40.0 Å². The minimum Gasteiger partial charge on any atom is -0.306 e. The van der Waals surface area contributed by atoms with Gasteiger partial charge in [0, 0.05) is 11.0 Å². The molecule has 2 rings (SSSR count). The number of nitrogens with one attached hydrogen (secondary N) is 1. The number of nitrogens with zero attached hydrogens (tertiary/aromatic N) is 1. The summed E-state index contributed by atoms with van der Waals surface area (Å²) in [7, 11) is -1.68. The van der Waals surface area contributed by atoms with E-state index in [0.29, 0.717) is 16.9 Å². The van der Waals surface area contributed by atoms with Gasteiger partial charge in [-0.2, -0.15) is 0 Å². The van der Waals surface area contributed by atoms with E-state index in [1.807, 2.05) is 0 Å². The van der Waals surface area contributed by atoms with Crippen LogP contribution in [0.3, 0.4) is 0 Å². The summed E-state index contributed by atoms with van der Waals surface area (Å²) in [5.74, 6) is -0.199. The van der Waals surface area contributed by atoms with Crippen molar-refractivity contribution in [3.63, 3.8) is 0 Å². The van der Waals surface area contributed by atoms with Crippen molar-refractivity contribution in [1.82, 2.24) is 9.62 Å². The highest BCUT2D eigenvalue weighted by atomic mass is 79.9. The summed E-state index contributed by atoms with van der Waals surface area (Å²) in [5, 5.41) is 0. The van der Waals surface area contributed by atoms with Crippen molar-refractivity contribution in [3.8, 4) is 0 Å². The molecule has 0 aliphatic carbocycles. The van der Waals surface area contributed by atoms with Crippen molar-refractivity contribution >= 4 is 26.0 Å². The highest BCUT2D eigenvalue weighted by Gasteiger charge is 2.21. The Labute approximate surface area is 133 Å². The number of benzene rings is 1. The first-order chi connectivity index (χ1) is 9.88. The topological polar surface area (TPSA) is 49.4 Å². The van der Waals surface area contributed by atoms with Crippen LogP contribution in [0.4, 0.5) is 4.39 Å². The molecule has 4 nitrogen and oxygen atoms in total. The third kappa shape index (κ3) is 4.74. The van der Waals surface area contributed by atoms with Crippen LogP contribution in [0.2, 0.25) is 0 Å². The third-order valence-corrected chi connectivity index (χ3v) is 5.85. The van der Waals surface area contributed by atoms with Crippen molar-refractivity contribution in [2.75, 3.05) is 26.7 Å². The van der Waals surface area contributed by atoms with Gasteiger partial charge in [0.25, 0.3) is 0 Å². The van der Waals surface area contributed by atoms with Gasteiger partial charge < -0.3 is 4.90 Å². The number of halogens is 2. The first kappa shape index (κ1) is 16.9. The second-order valence-corrected chi connectivity index (χ2v) is 8.16. The van der Waals surface area contributed by atoms with Crippen molar-refractivity contribution < 1.29 is 12.8 Å². The molecule has 1 heterocycles. The van der Waals surface area contributed by atoms with Gasteiger partial charge in [-0.3, -0.25) is 0 Å². The molecule has 1 N–H and O–H groups in total. The van der Waals surface area contributed by atoms with Crippen molar-refractivity contribution in [2.24, 2.45) is 5.92 Å². The Kier molecular flexibility index (Phi) is 5.76. The van der Waals surface area contributed by atoms with Gasteiger partial charge >= 0.3 is 0 Å². The van der Waals surface area contributed by atoms with Gasteiger partial charge in [-0.25, -0.2) is 17.5 Å². The standard InChI is InChI=1S/C14H20BrFN2O2S/c1-18-8-5-11(6-9-18)4-7-17-21(19,20)14-3-2-12(15)10-13(14)16/h2-3,10-11,17H,4-9H2,1H3. The summed E-state index contributed by atoms with van der Waals surface area (Å²) >= 11 is 3.11. The van der Waals surface area contributed by atoms with Crippen LogP contribution in [0.5, 0.6) is 0 Å².